The van der Waals surface area contributed by atoms with E-state index in [-0.39, 0.29) is 0 Å². The number of ether oxygens (including phenoxy) is 1. The fourth-order valence-corrected chi connectivity index (χ4v) is 5.58. The van der Waals surface area contributed by atoms with E-state index in [4.69, 9.17) is 9.72 Å². The molecule has 2 aromatic carbocycles. The predicted molar refractivity (Wildman–Crippen MR) is 144 cm³/mol. The van der Waals surface area contributed by atoms with Gasteiger partial charge in [0.15, 0.2) is 0 Å². The van der Waals surface area contributed by atoms with E-state index in [0.29, 0.717) is 12.5 Å². The summed E-state index contributed by atoms with van der Waals surface area (Å²) in [4.78, 5) is 12.7. The first-order valence-corrected chi connectivity index (χ1v) is 13.1. The fourth-order valence-electron chi connectivity index (χ4n) is 4.44. The van der Waals surface area contributed by atoms with Gasteiger partial charge in [-0.2, -0.15) is 0 Å². The number of fused-ring (bicyclic) bond motifs is 1. The lowest BCUT2D eigenvalue weighted by Gasteiger charge is -2.30. The van der Waals surface area contributed by atoms with Crippen molar-refractivity contribution >= 4 is 34.4 Å². The molecule has 0 amide bonds. The molecule has 0 N–H and O–H groups in total. The van der Waals surface area contributed by atoms with Crippen molar-refractivity contribution in [2.45, 2.75) is 51.3 Å². The molecule has 180 valence electrons. The predicted octanol–water partition coefficient (Wildman–Crippen LogP) is 6.96. The molecule has 0 atom stereocenters. The SMILES string of the molecule is C=CC1CCN(Sc2cc3c(N(C)c4ccc(CC)cc4)ncnc3c(C)c2OCCC)CC1. The van der Waals surface area contributed by atoms with E-state index in [0.717, 1.165) is 77.4 Å². The Bertz CT molecular complexity index is 1120. The van der Waals surface area contributed by atoms with Crippen LogP contribution in [0.2, 0.25) is 0 Å². The maximum Gasteiger partial charge on any atom is 0.144 e. The van der Waals surface area contributed by atoms with Crippen LogP contribution in [-0.2, 0) is 6.42 Å². The van der Waals surface area contributed by atoms with Crippen LogP contribution < -0.4 is 9.64 Å². The van der Waals surface area contributed by atoms with E-state index >= 15 is 0 Å². The number of benzene rings is 2. The summed E-state index contributed by atoms with van der Waals surface area (Å²) in [5.41, 5.74) is 4.47. The fraction of sp³-hybridized carbons (Fsp3) is 0.429. The molecule has 5 nitrogen and oxygen atoms in total. The van der Waals surface area contributed by atoms with Crippen LogP contribution in [0.25, 0.3) is 10.9 Å². The Labute approximate surface area is 208 Å². The second kappa shape index (κ2) is 11.2. The van der Waals surface area contributed by atoms with Crippen LogP contribution in [0.3, 0.4) is 0 Å². The van der Waals surface area contributed by atoms with Gasteiger partial charge >= 0.3 is 0 Å². The van der Waals surface area contributed by atoms with Crippen molar-refractivity contribution in [3.05, 3.63) is 60.4 Å². The molecule has 1 aliphatic heterocycles. The van der Waals surface area contributed by atoms with Crippen LogP contribution in [0.5, 0.6) is 5.75 Å². The largest absolute Gasteiger partial charge is 0.492 e. The van der Waals surface area contributed by atoms with Crippen LogP contribution >= 0.6 is 11.9 Å². The van der Waals surface area contributed by atoms with E-state index in [9.17, 15) is 0 Å². The number of aromatic nitrogens is 2. The number of hydrogen-bond donors (Lipinski definition) is 0. The van der Waals surface area contributed by atoms with Crippen molar-refractivity contribution < 1.29 is 4.74 Å². The number of nitrogens with zero attached hydrogens (tertiary/aromatic N) is 4. The van der Waals surface area contributed by atoms with E-state index < -0.39 is 0 Å². The van der Waals surface area contributed by atoms with E-state index in [2.05, 4.69) is 85.0 Å². The minimum Gasteiger partial charge on any atom is -0.492 e. The molecule has 0 radical (unpaired) electrons. The highest BCUT2D eigenvalue weighted by atomic mass is 32.2. The minimum atomic E-state index is 0.624. The summed E-state index contributed by atoms with van der Waals surface area (Å²) in [6.07, 6.45) is 8.07. The van der Waals surface area contributed by atoms with E-state index in [1.165, 1.54) is 5.56 Å². The number of allylic oxidation sites excluding steroid dienone is 1. The molecule has 0 bridgehead atoms. The Morgan fingerprint density at radius 1 is 1.18 bits per heavy atom. The average Bonchev–Trinajstić information content (AvgIpc) is 2.88. The van der Waals surface area contributed by atoms with Gasteiger partial charge in [0.1, 0.15) is 17.9 Å². The van der Waals surface area contributed by atoms with Crippen molar-refractivity contribution in [2.24, 2.45) is 5.92 Å². The summed E-state index contributed by atoms with van der Waals surface area (Å²) in [5.74, 6) is 2.48. The lowest BCUT2D eigenvalue weighted by Crippen LogP contribution is -2.27. The second-order valence-electron chi connectivity index (χ2n) is 8.94. The molecule has 0 saturated carbocycles. The lowest BCUT2D eigenvalue weighted by atomic mass is 9.99. The molecule has 34 heavy (non-hydrogen) atoms. The highest BCUT2D eigenvalue weighted by Gasteiger charge is 2.23. The average molecular weight is 477 g/mol. The smallest absolute Gasteiger partial charge is 0.144 e. The third kappa shape index (κ3) is 5.23. The quantitative estimate of drug-likeness (QED) is 0.246. The van der Waals surface area contributed by atoms with Gasteiger partial charge in [-0.25, -0.2) is 14.3 Å². The second-order valence-corrected chi connectivity index (χ2v) is 10.1. The molecule has 2 heterocycles. The summed E-state index contributed by atoms with van der Waals surface area (Å²) in [6.45, 7) is 13.2. The zero-order chi connectivity index (χ0) is 24.1. The molecule has 6 heteroatoms. The molecular weight excluding hydrogens is 440 g/mol. The number of rotatable bonds is 9. The first-order chi connectivity index (χ1) is 16.5. The van der Waals surface area contributed by atoms with Gasteiger partial charge in [-0.05, 0) is 74.2 Å². The van der Waals surface area contributed by atoms with Crippen molar-refractivity contribution in [2.75, 3.05) is 31.6 Å². The first kappa shape index (κ1) is 24.6. The van der Waals surface area contributed by atoms with E-state index in [1.54, 1.807) is 18.3 Å². The Hall–Kier alpha value is -2.57. The molecule has 3 aromatic rings. The van der Waals surface area contributed by atoms with Gasteiger partial charge in [-0.15, -0.1) is 6.58 Å². The van der Waals surface area contributed by atoms with Gasteiger partial charge < -0.3 is 9.64 Å². The molecule has 1 aromatic heterocycles. The molecular formula is C28H36N4OS. The highest BCUT2D eigenvalue weighted by Crippen LogP contribution is 2.42. The maximum absolute atomic E-state index is 6.28. The Morgan fingerprint density at radius 3 is 2.56 bits per heavy atom. The molecule has 0 unspecified atom stereocenters. The Morgan fingerprint density at radius 2 is 1.91 bits per heavy atom. The number of aryl methyl sites for hydroxylation is 2. The van der Waals surface area contributed by atoms with E-state index in [1.807, 2.05) is 0 Å². The summed E-state index contributed by atoms with van der Waals surface area (Å²) in [7, 11) is 2.08. The van der Waals surface area contributed by atoms with Crippen LogP contribution in [-0.4, -0.2) is 41.0 Å². The normalized spacial score (nSPS) is 14.9. The topological polar surface area (TPSA) is 41.5 Å². The zero-order valence-corrected chi connectivity index (χ0v) is 21.7. The van der Waals surface area contributed by atoms with Crippen LogP contribution in [0.1, 0.15) is 44.2 Å². The standard InChI is InChI=1S/C28H36N4OS/c1-6-17-33-27-20(4)26-24(18-25(27)34-32-15-13-22(8-3)14-16-32)28(30-19-29-26)31(5)23-11-9-21(7-2)10-12-23/h8-12,18-19,22H,3,6-7,13-17H2,1-2,4-5H3. The first-order valence-electron chi connectivity index (χ1n) is 12.3. The van der Waals surface area contributed by atoms with Gasteiger partial charge in [-0.1, -0.05) is 32.1 Å². The van der Waals surface area contributed by atoms with Gasteiger partial charge in [0.25, 0.3) is 0 Å². The summed E-state index contributed by atoms with van der Waals surface area (Å²) in [5, 5.41) is 1.05. The zero-order valence-electron chi connectivity index (χ0n) is 20.9. The van der Waals surface area contributed by atoms with Crippen LogP contribution in [0.4, 0.5) is 11.5 Å². The van der Waals surface area contributed by atoms with Crippen molar-refractivity contribution in [1.29, 1.82) is 0 Å². The minimum absolute atomic E-state index is 0.624. The summed E-state index contributed by atoms with van der Waals surface area (Å²) < 4.78 is 8.74. The number of hydrogen-bond acceptors (Lipinski definition) is 6. The van der Waals surface area contributed by atoms with Crippen LogP contribution in [0.15, 0.2) is 54.2 Å². The van der Waals surface area contributed by atoms with Gasteiger partial charge in [0, 0.05) is 36.8 Å². The molecule has 1 saturated heterocycles. The summed E-state index contributed by atoms with van der Waals surface area (Å²) >= 11 is 1.80. The Balaban J connectivity index is 1.74. The Kier molecular flexibility index (Phi) is 8.11. The number of piperidine rings is 1. The highest BCUT2D eigenvalue weighted by molar-refractivity contribution is 7.97. The third-order valence-electron chi connectivity index (χ3n) is 6.62. The molecule has 4 rings (SSSR count). The summed E-state index contributed by atoms with van der Waals surface area (Å²) in [6, 6.07) is 10.9. The van der Waals surface area contributed by atoms with Gasteiger partial charge in [0.05, 0.1) is 17.0 Å². The van der Waals surface area contributed by atoms with Crippen LogP contribution in [0, 0.1) is 12.8 Å². The third-order valence-corrected chi connectivity index (χ3v) is 7.74. The van der Waals surface area contributed by atoms with Crippen molar-refractivity contribution in [3.8, 4) is 5.75 Å². The molecule has 0 spiro atoms. The number of anilines is 2. The molecule has 1 aliphatic rings. The monoisotopic (exact) mass is 476 g/mol. The molecule has 0 aliphatic carbocycles. The lowest BCUT2D eigenvalue weighted by molar-refractivity contribution is 0.306. The van der Waals surface area contributed by atoms with Gasteiger partial charge in [0.2, 0.25) is 0 Å². The van der Waals surface area contributed by atoms with Gasteiger partial charge in [-0.3, -0.25) is 0 Å². The van der Waals surface area contributed by atoms with Crippen molar-refractivity contribution in [3.63, 3.8) is 0 Å². The molecule has 1 fully saturated rings. The van der Waals surface area contributed by atoms with Crippen molar-refractivity contribution in [1.82, 2.24) is 14.3 Å². The maximum atomic E-state index is 6.28.